The van der Waals surface area contributed by atoms with Crippen LogP contribution in [0.3, 0.4) is 0 Å². The Morgan fingerprint density at radius 1 is 1.26 bits per heavy atom. The third kappa shape index (κ3) is 5.53. The van der Waals surface area contributed by atoms with Crippen molar-refractivity contribution in [2.45, 2.75) is 10.9 Å². The maximum atomic E-state index is 12.1. The van der Waals surface area contributed by atoms with E-state index in [1.807, 2.05) is 50.5 Å². The van der Waals surface area contributed by atoms with Gasteiger partial charge in [0.15, 0.2) is 0 Å². The van der Waals surface area contributed by atoms with E-state index in [1.165, 1.54) is 11.8 Å². The van der Waals surface area contributed by atoms with Crippen LogP contribution in [0.1, 0.15) is 11.6 Å². The van der Waals surface area contributed by atoms with Gasteiger partial charge in [0.1, 0.15) is 0 Å². The molecule has 0 aliphatic rings. The monoisotopic (exact) mass is 349 g/mol. The lowest BCUT2D eigenvalue weighted by Crippen LogP contribution is -2.35. The molecule has 0 aliphatic carbocycles. The Balaban J connectivity index is 1.89. The highest BCUT2D eigenvalue weighted by Crippen LogP contribution is 2.25. The summed E-state index contributed by atoms with van der Waals surface area (Å²) in [5, 5.41) is 3.70. The molecule has 0 saturated carbocycles. The molecule has 1 heterocycles. The summed E-state index contributed by atoms with van der Waals surface area (Å²) >= 11 is 7.77. The maximum Gasteiger partial charge on any atom is 0.230 e. The van der Waals surface area contributed by atoms with Crippen LogP contribution in [-0.2, 0) is 4.79 Å². The van der Waals surface area contributed by atoms with Crippen molar-refractivity contribution in [3.05, 3.63) is 59.4 Å². The molecule has 1 aromatic carbocycles. The number of halogens is 1. The predicted molar refractivity (Wildman–Crippen MR) is 95.9 cm³/mol. The van der Waals surface area contributed by atoms with E-state index in [0.717, 1.165) is 10.5 Å². The molecule has 23 heavy (non-hydrogen) atoms. The molecule has 6 heteroatoms. The number of nitrogens with one attached hydrogen (secondary N) is 1. The molecule has 0 fully saturated rings. The lowest BCUT2D eigenvalue weighted by Gasteiger charge is -2.26. The zero-order chi connectivity index (χ0) is 16.7. The molecule has 122 valence electrons. The minimum absolute atomic E-state index is 0.00529. The lowest BCUT2D eigenvalue weighted by molar-refractivity contribution is -0.118. The topological polar surface area (TPSA) is 45.2 Å². The van der Waals surface area contributed by atoms with Gasteiger partial charge >= 0.3 is 0 Å². The number of benzene rings is 1. The second kappa shape index (κ2) is 8.91. The number of pyridine rings is 1. The van der Waals surface area contributed by atoms with Gasteiger partial charge in [0.25, 0.3) is 0 Å². The Bertz CT molecular complexity index is 637. The van der Waals surface area contributed by atoms with E-state index in [9.17, 15) is 4.79 Å². The summed E-state index contributed by atoms with van der Waals surface area (Å²) in [7, 11) is 3.96. The number of likely N-dealkylation sites (N-methyl/N-ethyl adjacent to an activating group) is 1. The third-order valence-corrected chi connectivity index (χ3v) is 4.76. The molecule has 0 unspecified atom stereocenters. The van der Waals surface area contributed by atoms with Crippen LogP contribution >= 0.6 is 23.4 Å². The fraction of sp³-hybridized carbons (Fsp3) is 0.294. The standard InChI is InChI=1S/C17H20ClN3OS/c1-21(2)16(14-5-3-4-6-15(14)18)11-20-17(22)12-23-13-7-9-19-10-8-13/h3-10,16H,11-12H2,1-2H3,(H,20,22)/t16-/m1/s1. The van der Waals surface area contributed by atoms with Crippen LogP contribution in [-0.4, -0.2) is 42.2 Å². The van der Waals surface area contributed by atoms with E-state index >= 15 is 0 Å². The number of nitrogens with zero attached hydrogens (tertiary/aromatic N) is 2. The molecule has 1 atom stereocenters. The van der Waals surface area contributed by atoms with Crippen molar-refractivity contribution in [1.29, 1.82) is 0 Å². The molecule has 1 aromatic heterocycles. The minimum Gasteiger partial charge on any atom is -0.353 e. The number of hydrogen-bond acceptors (Lipinski definition) is 4. The van der Waals surface area contributed by atoms with Gasteiger partial charge in [-0.3, -0.25) is 9.78 Å². The predicted octanol–water partition coefficient (Wildman–Crippen LogP) is 3.25. The molecule has 1 amide bonds. The van der Waals surface area contributed by atoms with Gasteiger partial charge in [0.05, 0.1) is 11.8 Å². The highest BCUT2D eigenvalue weighted by atomic mass is 35.5. The third-order valence-electron chi connectivity index (χ3n) is 3.40. The first-order chi connectivity index (χ1) is 11.1. The summed E-state index contributed by atoms with van der Waals surface area (Å²) in [5.41, 5.74) is 1.02. The van der Waals surface area contributed by atoms with Crippen molar-refractivity contribution in [2.75, 3.05) is 26.4 Å². The fourth-order valence-corrected chi connectivity index (χ4v) is 3.14. The van der Waals surface area contributed by atoms with Crippen LogP contribution in [0.2, 0.25) is 5.02 Å². The van der Waals surface area contributed by atoms with Gasteiger partial charge in [-0.2, -0.15) is 0 Å². The van der Waals surface area contributed by atoms with Crippen molar-refractivity contribution >= 4 is 29.3 Å². The van der Waals surface area contributed by atoms with E-state index < -0.39 is 0 Å². The van der Waals surface area contributed by atoms with Crippen LogP contribution in [0.5, 0.6) is 0 Å². The molecular formula is C17H20ClN3OS. The summed E-state index contributed by atoms with van der Waals surface area (Å²) in [6.45, 7) is 0.520. The highest BCUT2D eigenvalue weighted by Gasteiger charge is 2.17. The quantitative estimate of drug-likeness (QED) is 0.779. The van der Waals surface area contributed by atoms with E-state index in [2.05, 4.69) is 15.2 Å². The molecule has 2 aromatic rings. The number of aromatic nitrogens is 1. The average Bonchev–Trinajstić information content (AvgIpc) is 2.55. The Morgan fingerprint density at radius 2 is 1.96 bits per heavy atom. The highest BCUT2D eigenvalue weighted by molar-refractivity contribution is 8.00. The zero-order valence-corrected chi connectivity index (χ0v) is 14.8. The first kappa shape index (κ1) is 17.8. The molecule has 0 bridgehead atoms. The van der Waals surface area contributed by atoms with Crippen molar-refractivity contribution < 1.29 is 4.79 Å². The number of carbonyl (C=O) groups is 1. The van der Waals surface area contributed by atoms with Crippen LogP contribution in [0.25, 0.3) is 0 Å². The summed E-state index contributed by atoms with van der Waals surface area (Å²) in [6.07, 6.45) is 3.44. The second-order valence-corrected chi connectivity index (χ2v) is 6.73. The molecule has 0 spiro atoms. The lowest BCUT2D eigenvalue weighted by atomic mass is 10.1. The maximum absolute atomic E-state index is 12.1. The molecule has 1 N–H and O–H groups in total. The molecule has 4 nitrogen and oxygen atoms in total. The van der Waals surface area contributed by atoms with E-state index in [0.29, 0.717) is 17.3 Å². The van der Waals surface area contributed by atoms with Crippen molar-refractivity contribution in [2.24, 2.45) is 0 Å². The largest absolute Gasteiger partial charge is 0.353 e. The number of thioether (sulfide) groups is 1. The van der Waals surface area contributed by atoms with Gasteiger partial charge in [0.2, 0.25) is 5.91 Å². The van der Waals surface area contributed by atoms with Gasteiger partial charge in [-0.25, -0.2) is 0 Å². The van der Waals surface area contributed by atoms with Crippen LogP contribution < -0.4 is 5.32 Å². The Hall–Kier alpha value is -1.56. The summed E-state index contributed by atoms with van der Waals surface area (Å²) in [6, 6.07) is 11.5. The molecule has 0 aliphatic heterocycles. The Kier molecular flexibility index (Phi) is 6.89. The van der Waals surface area contributed by atoms with Crippen molar-refractivity contribution in [3.8, 4) is 0 Å². The second-order valence-electron chi connectivity index (χ2n) is 5.28. The zero-order valence-electron chi connectivity index (χ0n) is 13.2. The van der Waals surface area contributed by atoms with Gasteiger partial charge < -0.3 is 10.2 Å². The first-order valence-corrected chi connectivity index (χ1v) is 8.64. The number of carbonyl (C=O) groups excluding carboxylic acids is 1. The smallest absolute Gasteiger partial charge is 0.230 e. The van der Waals surface area contributed by atoms with E-state index in [4.69, 9.17) is 11.6 Å². The van der Waals surface area contributed by atoms with Gasteiger partial charge in [-0.1, -0.05) is 29.8 Å². The Morgan fingerprint density at radius 3 is 2.61 bits per heavy atom. The average molecular weight is 350 g/mol. The molecule has 2 rings (SSSR count). The van der Waals surface area contributed by atoms with Gasteiger partial charge in [-0.05, 0) is 37.9 Å². The minimum atomic E-state index is 0.00529. The Labute approximate surface area is 146 Å². The fourth-order valence-electron chi connectivity index (χ4n) is 2.16. The SMILES string of the molecule is CN(C)[C@H](CNC(=O)CSc1ccncc1)c1ccccc1Cl. The van der Waals surface area contributed by atoms with Crippen LogP contribution in [0, 0.1) is 0 Å². The van der Waals surface area contributed by atoms with Crippen molar-refractivity contribution in [1.82, 2.24) is 15.2 Å². The van der Waals surface area contributed by atoms with Gasteiger partial charge in [0, 0.05) is 28.9 Å². The molecule has 0 saturated heterocycles. The van der Waals surface area contributed by atoms with E-state index in [-0.39, 0.29) is 11.9 Å². The number of amides is 1. The molecule has 0 radical (unpaired) electrons. The van der Waals surface area contributed by atoms with Crippen molar-refractivity contribution in [3.63, 3.8) is 0 Å². The van der Waals surface area contributed by atoms with Crippen LogP contribution in [0.4, 0.5) is 0 Å². The first-order valence-electron chi connectivity index (χ1n) is 7.28. The summed E-state index contributed by atoms with van der Waals surface area (Å²) < 4.78 is 0. The number of hydrogen-bond donors (Lipinski definition) is 1. The van der Waals surface area contributed by atoms with Gasteiger partial charge in [-0.15, -0.1) is 11.8 Å². The summed E-state index contributed by atoms with van der Waals surface area (Å²) in [5.74, 6) is 0.387. The van der Waals surface area contributed by atoms with E-state index in [1.54, 1.807) is 12.4 Å². The number of rotatable bonds is 7. The summed E-state index contributed by atoms with van der Waals surface area (Å²) in [4.78, 5) is 19.1. The molecular weight excluding hydrogens is 330 g/mol. The van der Waals surface area contributed by atoms with Crippen LogP contribution in [0.15, 0.2) is 53.7 Å². The normalized spacial score (nSPS) is 12.2.